The number of hydrogen-bond donors (Lipinski definition) is 1. The number of nitrogens with one attached hydrogen (secondary N) is 1. The molecule has 0 aliphatic heterocycles. The molecule has 0 amide bonds. The Morgan fingerprint density at radius 2 is 2.14 bits per heavy atom. The van der Waals surface area contributed by atoms with Gasteiger partial charge < -0.3 is 4.74 Å². The maximum absolute atomic E-state index is 11.8. The minimum Gasteiger partial charge on any atom is -0.469 e. The molecule has 0 aromatic heterocycles. The van der Waals surface area contributed by atoms with Crippen LogP contribution in [0.4, 0.5) is 11.4 Å². The molecule has 1 aromatic carbocycles. The first-order valence-electron chi connectivity index (χ1n) is 5.76. The van der Waals surface area contributed by atoms with Gasteiger partial charge in [0, 0.05) is 12.5 Å². The molecule has 116 valence electrons. The van der Waals surface area contributed by atoms with E-state index in [1.54, 1.807) is 0 Å². The summed E-state index contributed by atoms with van der Waals surface area (Å²) in [6.07, 6.45) is 0.0819. The lowest BCUT2D eigenvalue weighted by atomic mass is 10.3. The van der Waals surface area contributed by atoms with E-state index >= 15 is 0 Å². The van der Waals surface area contributed by atoms with Crippen LogP contribution in [0.15, 0.2) is 22.7 Å². The number of hydrogen-bond acceptors (Lipinski definition) is 6. The maximum atomic E-state index is 11.8. The predicted octanol–water partition coefficient (Wildman–Crippen LogP) is 2.05. The minimum atomic E-state index is -3.69. The van der Waals surface area contributed by atoms with Gasteiger partial charge in [0.25, 0.3) is 5.69 Å². The van der Waals surface area contributed by atoms with Crippen LogP contribution in [0.25, 0.3) is 0 Å². The lowest BCUT2D eigenvalue weighted by Gasteiger charge is -2.08. The molecule has 1 N–H and O–H groups in total. The van der Waals surface area contributed by atoms with Gasteiger partial charge in [0.1, 0.15) is 0 Å². The van der Waals surface area contributed by atoms with E-state index in [0.29, 0.717) is 0 Å². The monoisotopic (exact) mass is 380 g/mol. The number of rotatable bonds is 7. The number of esters is 1. The van der Waals surface area contributed by atoms with Crippen molar-refractivity contribution in [2.75, 3.05) is 17.6 Å². The Morgan fingerprint density at radius 3 is 2.71 bits per heavy atom. The molecule has 1 rings (SSSR count). The Labute approximate surface area is 129 Å². The second kappa shape index (κ2) is 7.36. The summed E-state index contributed by atoms with van der Waals surface area (Å²) < 4.78 is 30.5. The van der Waals surface area contributed by atoms with Crippen LogP contribution in [0.2, 0.25) is 0 Å². The lowest BCUT2D eigenvalue weighted by molar-refractivity contribution is -0.385. The Morgan fingerprint density at radius 1 is 1.48 bits per heavy atom. The van der Waals surface area contributed by atoms with Gasteiger partial charge in [-0.05, 0) is 34.5 Å². The molecule has 0 fully saturated rings. The summed E-state index contributed by atoms with van der Waals surface area (Å²) >= 11 is 3.01. The second-order valence-corrected chi connectivity index (χ2v) is 6.72. The lowest BCUT2D eigenvalue weighted by Crippen LogP contribution is -2.17. The summed E-state index contributed by atoms with van der Waals surface area (Å²) in [4.78, 5) is 21.0. The summed E-state index contributed by atoms with van der Waals surface area (Å²) in [5.74, 6) is -0.782. The quantitative estimate of drug-likeness (QED) is 0.439. The third kappa shape index (κ3) is 5.68. The number of nitro groups is 1. The van der Waals surface area contributed by atoms with Crippen LogP contribution in [0, 0.1) is 10.1 Å². The van der Waals surface area contributed by atoms with E-state index in [9.17, 15) is 23.3 Å². The number of carbonyl (C=O) groups excluding carboxylic acids is 1. The molecular weight excluding hydrogens is 368 g/mol. The van der Waals surface area contributed by atoms with Crippen LogP contribution >= 0.6 is 15.9 Å². The van der Waals surface area contributed by atoms with Crippen LogP contribution in [-0.4, -0.2) is 32.2 Å². The van der Waals surface area contributed by atoms with Crippen LogP contribution in [0.3, 0.4) is 0 Å². The number of carbonyl (C=O) groups is 1. The number of methoxy groups -OCH3 is 1. The Balaban J connectivity index is 2.73. The Bertz CT molecular complexity index is 646. The summed E-state index contributed by atoms with van der Waals surface area (Å²) in [6, 6.07) is 3.89. The van der Waals surface area contributed by atoms with E-state index in [4.69, 9.17) is 0 Å². The molecule has 0 heterocycles. The van der Waals surface area contributed by atoms with E-state index in [-0.39, 0.29) is 34.4 Å². The largest absolute Gasteiger partial charge is 0.469 e. The zero-order valence-electron chi connectivity index (χ0n) is 11.0. The maximum Gasteiger partial charge on any atom is 0.305 e. The first-order chi connectivity index (χ1) is 9.75. The highest BCUT2D eigenvalue weighted by Gasteiger charge is 2.16. The first kappa shape index (κ1) is 17.4. The van der Waals surface area contributed by atoms with Crippen molar-refractivity contribution >= 4 is 43.3 Å². The van der Waals surface area contributed by atoms with Gasteiger partial charge in [-0.25, -0.2) is 8.42 Å². The van der Waals surface area contributed by atoms with Gasteiger partial charge in [-0.1, -0.05) is 0 Å². The van der Waals surface area contributed by atoms with Gasteiger partial charge >= 0.3 is 5.97 Å². The normalized spacial score (nSPS) is 11.0. The van der Waals surface area contributed by atoms with E-state index in [0.717, 1.165) is 6.07 Å². The van der Waals surface area contributed by atoms with Crippen molar-refractivity contribution in [2.45, 2.75) is 12.8 Å². The fourth-order valence-electron chi connectivity index (χ4n) is 1.46. The second-order valence-electron chi connectivity index (χ2n) is 4.02. The molecule has 21 heavy (non-hydrogen) atoms. The Kier molecular flexibility index (Phi) is 6.09. The zero-order chi connectivity index (χ0) is 16.0. The van der Waals surface area contributed by atoms with Gasteiger partial charge in [-0.2, -0.15) is 0 Å². The zero-order valence-corrected chi connectivity index (χ0v) is 13.4. The number of ether oxygens (including phenoxy) is 1. The van der Waals surface area contributed by atoms with E-state index in [2.05, 4.69) is 25.4 Å². The van der Waals surface area contributed by atoms with Gasteiger partial charge in [-0.15, -0.1) is 0 Å². The third-order valence-electron chi connectivity index (χ3n) is 2.44. The van der Waals surface area contributed by atoms with Crippen LogP contribution < -0.4 is 4.72 Å². The van der Waals surface area contributed by atoms with E-state index in [1.165, 1.54) is 19.2 Å². The number of benzene rings is 1. The number of nitrogens with zero attached hydrogens (tertiary/aromatic N) is 1. The smallest absolute Gasteiger partial charge is 0.305 e. The van der Waals surface area contributed by atoms with Crippen LogP contribution in [0.1, 0.15) is 12.8 Å². The van der Waals surface area contributed by atoms with Crippen LogP contribution in [-0.2, 0) is 19.6 Å². The molecular formula is C11H13BrN2O6S. The fraction of sp³-hybridized carbons (Fsp3) is 0.364. The number of anilines is 1. The third-order valence-corrected chi connectivity index (χ3v) is 4.48. The van der Waals surface area contributed by atoms with E-state index < -0.39 is 20.9 Å². The molecule has 0 bridgehead atoms. The summed E-state index contributed by atoms with van der Waals surface area (Å²) in [6.45, 7) is 0. The van der Waals surface area contributed by atoms with Crippen molar-refractivity contribution < 1.29 is 22.9 Å². The molecule has 0 atom stereocenters. The van der Waals surface area contributed by atoms with Crippen molar-refractivity contribution in [3.05, 3.63) is 32.8 Å². The van der Waals surface area contributed by atoms with Gasteiger partial charge in [0.05, 0.1) is 27.9 Å². The molecule has 0 radical (unpaired) electrons. The molecule has 0 aliphatic rings. The molecule has 1 aromatic rings. The van der Waals surface area contributed by atoms with Gasteiger partial charge in [0.2, 0.25) is 10.0 Å². The van der Waals surface area contributed by atoms with Gasteiger partial charge in [0.15, 0.2) is 0 Å². The minimum absolute atomic E-state index is 0.0160. The molecule has 10 heteroatoms. The summed E-state index contributed by atoms with van der Waals surface area (Å²) in [7, 11) is -2.47. The van der Waals surface area contributed by atoms with Gasteiger partial charge in [-0.3, -0.25) is 19.6 Å². The highest BCUT2D eigenvalue weighted by atomic mass is 79.9. The fourth-order valence-corrected chi connectivity index (χ4v) is 2.96. The molecule has 0 saturated carbocycles. The standard InChI is InChI=1S/C11H13BrN2O6S/c1-20-11(15)3-2-6-21(18,19)13-8-4-5-9(12)10(7-8)14(16)17/h4-5,7,13H,2-3,6H2,1H3. The van der Waals surface area contributed by atoms with E-state index in [1.807, 2.05) is 0 Å². The topological polar surface area (TPSA) is 116 Å². The summed E-state index contributed by atoms with van der Waals surface area (Å²) in [5, 5.41) is 10.8. The molecule has 0 aliphatic carbocycles. The number of halogens is 1. The summed E-state index contributed by atoms with van der Waals surface area (Å²) in [5.41, 5.74) is -0.160. The molecule has 8 nitrogen and oxygen atoms in total. The van der Waals surface area contributed by atoms with Crippen LogP contribution in [0.5, 0.6) is 0 Å². The predicted molar refractivity (Wildman–Crippen MR) is 79.5 cm³/mol. The van der Waals surface area contributed by atoms with Crippen molar-refractivity contribution in [3.63, 3.8) is 0 Å². The first-order valence-corrected chi connectivity index (χ1v) is 8.21. The van der Waals surface area contributed by atoms with Crippen molar-refractivity contribution in [2.24, 2.45) is 0 Å². The van der Waals surface area contributed by atoms with Crippen molar-refractivity contribution in [1.29, 1.82) is 0 Å². The van der Waals surface area contributed by atoms with Crippen molar-refractivity contribution in [3.8, 4) is 0 Å². The Hall–Kier alpha value is -1.68. The molecule has 0 saturated heterocycles. The number of nitro benzene ring substituents is 1. The average molecular weight is 381 g/mol. The number of sulfonamides is 1. The average Bonchev–Trinajstić information content (AvgIpc) is 2.39. The molecule has 0 spiro atoms. The molecule has 0 unspecified atom stereocenters. The van der Waals surface area contributed by atoms with Crippen molar-refractivity contribution in [1.82, 2.24) is 0 Å². The SMILES string of the molecule is COC(=O)CCCS(=O)(=O)Nc1ccc(Br)c([N+](=O)[O-])c1. The highest BCUT2D eigenvalue weighted by molar-refractivity contribution is 9.10. The highest BCUT2D eigenvalue weighted by Crippen LogP contribution is 2.28.